The van der Waals surface area contributed by atoms with E-state index in [-0.39, 0.29) is 23.8 Å². The number of hydrogen-bond donors (Lipinski definition) is 2. The van der Waals surface area contributed by atoms with Crippen LogP contribution in [0, 0.1) is 0 Å². The second-order valence-corrected chi connectivity index (χ2v) is 5.63. The summed E-state index contributed by atoms with van der Waals surface area (Å²) in [5.74, 6) is -0.358. The molecule has 0 spiro atoms. The summed E-state index contributed by atoms with van der Waals surface area (Å²) < 4.78 is 1.73. The second kappa shape index (κ2) is 7.00. The number of nitrogens with zero attached hydrogens (tertiary/aromatic N) is 1. The Bertz CT molecular complexity index is 991. The monoisotopic (exact) mass is 335 g/mol. The SMILES string of the molecule is CC(=O)Nc1ccc(NC(=O)Cn2ccc(=O)c3ccccc32)cc1. The van der Waals surface area contributed by atoms with Crippen LogP contribution in [0.15, 0.2) is 65.6 Å². The minimum Gasteiger partial charge on any atom is -0.338 e. The van der Waals surface area contributed by atoms with Crippen molar-refractivity contribution in [1.82, 2.24) is 4.57 Å². The summed E-state index contributed by atoms with van der Waals surface area (Å²) in [7, 11) is 0. The van der Waals surface area contributed by atoms with Crippen molar-refractivity contribution in [2.45, 2.75) is 13.5 Å². The number of para-hydroxylation sites is 1. The van der Waals surface area contributed by atoms with Crippen LogP contribution in [0.2, 0.25) is 0 Å². The molecule has 3 aromatic rings. The Hall–Kier alpha value is -3.41. The first-order chi connectivity index (χ1) is 12.0. The van der Waals surface area contributed by atoms with Gasteiger partial charge in [-0.25, -0.2) is 0 Å². The zero-order valence-electron chi connectivity index (χ0n) is 13.7. The van der Waals surface area contributed by atoms with Gasteiger partial charge in [0.15, 0.2) is 5.43 Å². The smallest absolute Gasteiger partial charge is 0.244 e. The van der Waals surface area contributed by atoms with E-state index in [4.69, 9.17) is 0 Å². The number of hydrogen-bond acceptors (Lipinski definition) is 3. The van der Waals surface area contributed by atoms with Crippen molar-refractivity contribution in [2.24, 2.45) is 0 Å². The molecule has 0 radical (unpaired) electrons. The number of amides is 2. The molecule has 1 aromatic heterocycles. The summed E-state index contributed by atoms with van der Waals surface area (Å²) >= 11 is 0. The molecule has 126 valence electrons. The Morgan fingerprint density at radius 3 is 2.24 bits per heavy atom. The van der Waals surface area contributed by atoms with E-state index in [2.05, 4.69) is 10.6 Å². The van der Waals surface area contributed by atoms with Crippen LogP contribution in [0.25, 0.3) is 10.9 Å². The molecule has 0 saturated carbocycles. The Morgan fingerprint density at radius 2 is 1.56 bits per heavy atom. The molecule has 2 N–H and O–H groups in total. The number of pyridine rings is 1. The van der Waals surface area contributed by atoms with Crippen LogP contribution in [0.4, 0.5) is 11.4 Å². The summed E-state index contributed by atoms with van der Waals surface area (Å²) in [6.45, 7) is 1.53. The molecule has 2 amide bonds. The lowest BCUT2D eigenvalue weighted by Gasteiger charge is -2.11. The summed E-state index contributed by atoms with van der Waals surface area (Å²) in [5.41, 5.74) is 1.94. The lowest BCUT2D eigenvalue weighted by molar-refractivity contribution is -0.116. The molecule has 25 heavy (non-hydrogen) atoms. The van der Waals surface area contributed by atoms with E-state index in [9.17, 15) is 14.4 Å². The third-order valence-corrected chi connectivity index (χ3v) is 3.69. The highest BCUT2D eigenvalue weighted by molar-refractivity contribution is 5.93. The van der Waals surface area contributed by atoms with Crippen molar-refractivity contribution in [3.63, 3.8) is 0 Å². The van der Waals surface area contributed by atoms with Gasteiger partial charge in [0.2, 0.25) is 11.8 Å². The zero-order valence-corrected chi connectivity index (χ0v) is 13.7. The van der Waals surface area contributed by atoms with Crippen LogP contribution in [-0.2, 0) is 16.1 Å². The molecule has 1 heterocycles. The Kier molecular flexibility index (Phi) is 4.61. The largest absolute Gasteiger partial charge is 0.338 e. The molecule has 0 aliphatic heterocycles. The van der Waals surface area contributed by atoms with E-state index >= 15 is 0 Å². The van der Waals surface area contributed by atoms with Gasteiger partial charge < -0.3 is 15.2 Å². The van der Waals surface area contributed by atoms with E-state index in [1.807, 2.05) is 12.1 Å². The molecule has 0 aliphatic rings. The van der Waals surface area contributed by atoms with Gasteiger partial charge in [-0.1, -0.05) is 12.1 Å². The number of carbonyl (C=O) groups excluding carboxylic acids is 2. The predicted molar refractivity (Wildman–Crippen MR) is 97.6 cm³/mol. The highest BCUT2D eigenvalue weighted by Gasteiger charge is 2.07. The summed E-state index contributed by atoms with van der Waals surface area (Å²) in [6.07, 6.45) is 1.62. The van der Waals surface area contributed by atoms with Gasteiger partial charge in [-0.05, 0) is 36.4 Å². The topological polar surface area (TPSA) is 80.2 Å². The average Bonchev–Trinajstić information content (AvgIpc) is 2.59. The van der Waals surface area contributed by atoms with Gasteiger partial charge in [0, 0.05) is 35.9 Å². The number of fused-ring (bicyclic) bond motifs is 1. The van der Waals surface area contributed by atoms with Gasteiger partial charge >= 0.3 is 0 Å². The lowest BCUT2D eigenvalue weighted by Crippen LogP contribution is -2.20. The van der Waals surface area contributed by atoms with E-state index in [1.54, 1.807) is 47.2 Å². The highest BCUT2D eigenvalue weighted by atomic mass is 16.2. The van der Waals surface area contributed by atoms with Gasteiger partial charge in [-0.3, -0.25) is 14.4 Å². The van der Waals surface area contributed by atoms with Gasteiger partial charge in [0.05, 0.1) is 5.52 Å². The van der Waals surface area contributed by atoms with E-state index in [1.165, 1.54) is 13.0 Å². The van der Waals surface area contributed by atoms with Gasteiger partial charge in [0.1, 0.15) is 6.54 Å². The Labute approximate surface area is 144 Å². The first-order valence-corrected chi connectivity index (χ1v) is 7.78. The van der Waals surface area contributed by atoms with Crippen LogP contribution < -0.4 is 16.1 Å². The molecule has 2 aromatic carbocycles. The molecule has 0 unspecified atom stereocenters. The fourth-order valence-electron chi connectivity index (χ4n) is 2.59. The van der Waals surface area contributed by atoms with Gasteiger partial charge in [-0.15, -0.1) is 0 Å². The first-order valence-electron chi connectivity index (χ1n) is 7.78. The van der Waals surface area contributed by atoms with Crippen molar-refractivity contribution in [1.29, 1.82) is 0 Å². The van der Waals surface area contributed by atoms with Crippen LogP contribution in [0.3, 0.4) is 0 Å². The average molecular weight is 335 g/mol. The van der Waals surface area contributed by atoms with Crippen LogP contribution >= 0.6 is 0 Å². The van der Waals surface area contributed by atoms with Crippen molar-refractivity contribution in [2.75, 3.05) is 10.6 Å². The number of rotatable bonds is 4. The summed E-state index contributed by atoms with van der Waals surface area (Å²) in [6, 6.07) is 15.5. The number of aromatic nitrogens is 1. The highest BCUT2D eigenvalue weighted by Crippen LogP contribution is 2.14. The molecule has 0 fully saturated rings. The fourth-order valence-corrected chi connectivity index (χ4v) is 2.59. The van der Waals surface area contributed by atoms with E-state index in [0.717, 1.165) is 0 Å². The first kappa shape index (κ1) is 16.4. The standard InChI is InChI=1S/C19H17N3O3/c1-13(23)20-14-6-8-15(9-7-14)21-19(25)12-22-11-10-18(24)16-4-2-3-5-17(16)22/h2-11H,12H2,1H3,(H,20,23)(H,21,25). The maximum atomic E-state index is 12.3. The molecule has 0 saturated heterocycles. The van der Waals surface area contributed by atoms with Crippen molar-refractivity contribution < 1.29 is 9.59 Å². The minimum absolute atomic E-state index is 0.0687. The molecule has 0 bridgehead atoms. The molecular weight excluding hydrogens is 318 g/mol. The summed E-state index contributed by atoms with van der Waals surface area (Å²) in [4.78, 5) is 35.2. The molecule has 0 atom stereocenters. The molecule has 6 nitrogen and oxygen atoms in total. The van der Waals surface area contributed by atoms with E-state index in [0.29, 0.717) is 22.3 Å². The summed E-state index contributed by atoms with van der Waals surface area (Å²) in [5, 5.41) is 6.05. The number of anilines is 2. The normalized spacial score (nSPS) is 10.4. The van der Waals surface area contributed by atoms with Crippen LogP contribution in [0.1, 0.15) is 6.92 Å². The fraction of sp³-hybridized carbons (Fsp3) is 0.105. The molecule has 6 heteroatoms. The Balaban J connectivity index is 1.74. The molecule has 3 rings (SSSR count). The van der Waals surface area contributed by atoms with Crippen molar-refractivity contribution >= 4 is 34.1 Å². The lowest BCUT2D eigenvalue weighted by atomic mass is 10.2. The van der Waals surface area contributed by atoms with Crippen molar-refractivity contribution in [3.8, 4) is 0 Å². The van der Waals surface area contributed by atoms with Crippen LogP contribution in [0.5, 0.6) is 0 Å². The predicted octanol–water partition coefficient (Wildman–Crippen LogP) is 2.60. The second-order valence-electron chi connectivity index (χ2n) is 5.63. The number of nitrogens with one attached hydrogen (secondary N) is 2. The quantitative estimate of drug-likeness (QED) is 0.769. The minimum atomic E-state index is -0.207. The maximum absolute atomic E-state index is 12.3. The number of benzene rings is 2. The number of carbonyl (C=O) groups is 2. The van der Waals surface area contributed by atoms with Crippen LogP contribution in [-0.4, -0.2) is 16.4 Å². The molecule has 0 aliphatic carbocycles. The van der Waals surface area contributed by atoms with E-state index < -0.39 is 0 Å². The van der Waals surface area contributed by atoms with Gasteiger partial charge in [0.25, 0.3) is 0 Å². The Morgan fingerprint density at radius 1 is 0.920 bits per heavy atom. The van der Waals surface area contributed by atoms with Gasteiger partial charge in [-0.2, -0.15) is 0 Å². The van der Waals surface area contributed by atoms with Crippen molar-refractivity contribution in [3.05, 3.63) is 71.0 Å². The maximum Gasteiger partial charge on any atom is 0.244 e. The molecular formula is C19H17N3O3. The zero-order chi connectivity index (χ0) is 17.8. The third kappa shape index (κ3) is 3.92. The third-order valence-electron chi connectivity index (χ3n) is 3.69.